The molecule has 1 atom stereocenters. The number of nitrogens with zero attached hydrogens (tertiary/aromatic N) is 3. The van der Waals surface area contributed by atoms with E-state index >= 15 is 0 Å². The predicted octanol–water partition coefficient (Wildman–Crippen LogP) is 4.91. The van der Waals surface area contributed by atoms with Gasteiger partial charge in [-0.15, -0.1) is 0 Å². The lowest BCUT2D eigenvalue weighted by atomic mass is 10.0. The Balaban J connectivity index is 1.35. The zero-order valence-electron chi connectivity index (χ0n) is 21.0. The van der Waals surface area contributed by atoms with Gasteiger partial charge in [0.2, 0.25) is 5.91 Å². The molecule has 6 heteroatoms. The first-order valence-electron chi connectivity index (χ1n) is 13.0. The number of methoxy groups -OCH3 is 1. The van der Waals surface area contributed by atoms with E-state index in [-0.39, 0.29) is 18.1 Å². The van der Waals surface area contributed by atoms with E-state index in [2.05, 4.69) is 51.2 Å². The van der Waals surface area contributed by atoms with Crippen molar-refractivity contribution in [1.82, 2.24) is 9.88 Å². The summed E-state index contributed by atoms with van der Waals surface area (Å²) in [5.74, 6) is 1.75. The summed E-state index contributed by atoms with van der Waals surface area (Å²) >= 11 is 0. The molecule has 0 radical (unpaired) electrons. The Morgan fingerprint density at radius 2 is 1.78 bits per heavy atom. The molecule has 0 N–H and O–H groups in total. The average molecular weight is 486 g/mol. The smallest absolute Gasteiger partial charge is 0.227 e. The van der Waals surface area contributed by atoms with Crippen LogP contribution in [0.5, 0.6) is 11.5 Å². The van der Waals surface area contributed by atoms with Gasteiger partial charge in [0.15, 0.2) is 11.5 Å². The van der Waals surface area contributed by atoms with Crippen molar-refractivity contribution in [2.45, 2.75) is 50.7 Å². The van der Waals surface area contributed by atoms with Crippen LogP contribution in [0.2, 0.25) is 0 Å². The van der Waals surface area contributed by atoms with Crippen molar-refractivity contribution in [3.8, 4) is 11.5 Å². The van der Waals surface area contributed by atoms with Crippen molar-refractivity contribution in [3.63, 3.8) is 0 Å². The summed E-state index contributed by atoms with van der Waals surface area (Å²) < 4.78 is 12.0. The molecule has 2 aromatic carbocycles. The van der Waals surface area contributed by atoms with Crippen LogP contribution in [0.3, 0.4) is 0 Å². The number of carbonyl (C=O) groups excluding carboxylic acids is 1. The van der Waals surface area contributed by atoms with Crippen LogP contribution in [-0.2, 0) is 17.6 Å². The number of carbonyl (C=O) groups is 1. The van der Waals surface area contributed by atoms with Gasteiger partial charge in [0.25, 0.3) is 0 Å². The molecule has 1 amide bonds. The molecule has 6 nitrogen and oxygen atoms in total. The van der Waals surface area contributed by atoms with Crippen LogP contribution in [0.15, 0.2) is 73.1 Å². The lowest BCUT2D eigenvalue weighted by Gasteiger charge is -2.43. The summed E-state index contributed by atoms with van der Waals surface area (Å²) in [6, 6.07) is 20.6. The molecule has 0 spiro atoms. The minimum absolute atomic E-state index is 0.0756. The van der Waals surface area contributed by atoms with Crippen molar-refractivity contribution in [3.05, 3.63) is 84.2 Å². The third kappa shape index (κ3) is 5.81. The van der Waals surface area contributed by atoms with Crippen LogP contribution in [0, 0.1) is 0 Å². The largest absolute Gasteiger partial charge is 0.493 e. The quantitative estimate of drug-likeness (QED) is 0.454. The fourth-order valence-corrected chi connectivity index (χ4v) is 5.40. The lowest BCUT2D eigenvalue weighted by Crippen LogP contribution is -2.56. The van der Waals surface area contributed by atoms with Crippen LogP contribution in [0.25, 0.3) is 0 Å². The average Bonchev–Trinajstić information content (AvgIpc) is 3.43. The summed E-state index contributed by atoms with van der Waals surface area (Å²) in [5.41, 5.74) is 3.30. The highest BCUT2D eigenvalue weighted by Crippen LogP contribution is 2.36. The SMILES string of the molecule is COc1ccc(N2CCN(C(=O)Cc3cccnc3)C(Cc3ccccc3)C2)cc1OC1CCCC1. The second kappa shape index (κ2) is 11.5. The Morgan fingerprint density at radius 3 is 2.53 bits per heavy atom. The van der Waals surface area contributed by atoms with E-state index in [4.69, 9.17) is 9.47 Å². The fourth-order valence-electron chi connectivity index (χ4n) is 5.40. The van der Waals surface area contributed by atoms with Crippen molar-refractivity contribution in [2.24, 2.45) is 0 Å². The highest BCUT2D eigenvalue weighted by atomic mass is 16.5. The minimum Gasteiger partial charge on any atom is -0.493 e. The second-order valence-corrected chi connectivity index (χ2v) is 9.77. The van der Waals surface area contributed by atoms with Gasteiger partial charge in [0.05, 0.1) is 25.7 Å². The van der Waals surface area contributed by atoms with E-state index in [1.54, 1.807) is 19.5 Å². The number of amides is 1. The van der Waals surface area contributed by atoms with E-state index in [0.717, 1.165) is 55.1 Å². The summed E-state index contributed by atoms with van der Waals surface area (Å²) in [7, 11) is 1.69. The van der Waals surface area contributed by atoms with Gasteiger partial charge in [-0.2, -0.15) is 0 Å². The molecular weight excluding hydrogens is 450 g/mol. The molecule has 1 aliphatic carbocycles. The molecule has 3 aromatic rings. The number of ether oxygens (including phenoxy) is 2. The molecule has 0 bridgehead atoms. The zero-order valence-corrected chi connectivity index (χ0v) is 21.0. The first-order chi connectivity index (χ1) is 17.7. The monoisotopic (exact) mass is 485 g/mol. The van der Waals surface area contributed by atoms with E-state index in [0.29, 0.717) is 13.0 Å². The van der Waals surface area contributed by atoms with Crippen LogP contribution >= 0.6 is 0 Å². The third-order valence-electron chi connectivity index (χ3n) is 7.30. The Bertz CT molecular complexity index is 1130. The van der Waals surface area contributed by atoms with Gasteiger partial charge in [-0.05, 0) is 61.4 Å². The molecule has 2 aliphatic rings. The summed E-state index contributed by atoms with van der Waals surface area (Å²) in [4.78, 5) is 22.0. The van der Waals surface area contributed by atoms with Crippen LogP contribution in [0.1, 0.15) is 36.8 Å². The molecule has 1 aromatic heterocycles. The number of hydrogen-bond donors (Lipinski definition) is 0. The van der Waals surface area contributed by atoms with Crippen molar-refractivity contribution < 1.29 is 14.3 Å². The number of benzene rings is 2. The molecule has 5 rings (SSSR count). The minimum atomic E-state index is 0.0756. The normalized spacial score (nSPS) is 18.3. The number of anilines is 1. The molecular formula is C30H35N3O3. The summed E-state index contributed by atoms with van der Waals surface area (Å²) in [5, 5.41) is 0. The lowest BCUT2D eigenvalue weighted by molar-refractivity contribution is -0.133. The van der Waals surface area contributed by atoms with Crippen molar-refractivity contribution >= 4 is 11.6 Å². The number of pyridine rings is 1. The molecule has 1 saturated heterocycles. The van der Waals surface area contributed by atoms with Gasteiger partial charge in [-0.3, -0.25) is 9.78 Å². The summed E-state index contributed by atoms with van der Waals surface area (Å²) in [6.07, 6.45) is 9.63. The van der Waals surface area contributed by atoms with Crippen molar-refractivity contribution in [1.29, 1.82) is 0 Å². The predicted molar refractivity (Wildman–Crippen MR) is 142 cm³/mol. The van der Waals surface area contributed by atoms with Crippen LogP contribution < -0.4 is 14.4 Å². The van der Waals surface area contributed by atoms with E-state index < -0.39 is 0 Å². The first kappa shape index (κ1) is 24.2. The second-order valence-electron chi connectivity index (χ2n) is 9.77. The third-order valence-corrected chi connectivity index (χ3v) is 7.30. The van der Waals surface area contributed by atoms with Crippen LogP contribution in [0.4, 0.5) is 5.69 Å². The molecule has 2 fully saturated rings. The van der Waals surface area contributed by atoms with Gasteiger partial charge < -0.3 is 19.3 Å². The molecule has 188 valence electrons. The zero-order chi connectivity index (χ0) is 24.7. The van der Waals surface area contributed by atoms with Crippen molar-refractivity contribution in [2.75, 3.05) is 31.6 Å². The van der Waals surface area contributed by atoms with Gasteiger partial charge >= 0.3 is 0 Å². The standard InChI is InChI=1S/C30H35N3O3/c1-35-28-14-13-25(20-29(28)36-27-11-5-6-12-27)32-16-17-33(30(34)19-24-10-7-15-31-21-24)26(22-32)18-23-8-3-2-4-9-23/h2-4,7-10,13-15,20-21,26-27H,5-6,11-12,16-19,22H2,1H3. The van der Waals surface area contributed by atoms with Crippen LogP contribution in [-0.4, -0.2) is 54.7 Å². The number of hydrogen-bond acceptors (Lipinski definition) is 5. The number of aromatic nitrogens is 1. The highest BCUT2D eigenvalue weighted by molar-refractivity contribution is 5.79. The van der Waals surface area contributed by atoms with Gasteiger partial charge in [0, 0.05) is 43.8 Å². The topological polar surface area (TPSA) is 54.9 Å². The van der Waals surface area contributed by atoms with Gasteiger partial charge in [0.1, 0.15) is 0 Å². The summed E-state index contributed by atoms with van der Waals surface area (Å²) in [6.45, 7) is 2.23. The molecule has 1 aliphatic heterocycles. The molecule has 2 heterocycles. The Morgan fingerprint density at radius 1 is 0.972 bits per heavy atom. The van der Waals surface area contributed by atoms with Gasteiger partial charge in [-0.25, -0.2) is 0 Å². The van der Waals surface area contributed by atoms with E-state index in [9.17, 15) is 4.79 Å². The van der Waals surface area contributed by atoms with E-state index in [1.165, 1.54) is 18.4 Å². The number of piperazine rings is 1. The Kier molecular flexibility index (Phi) is 7.70. The first-order valence-corrected chi connectivity index (χ1v) is 13.0. The Hall–Kier alpha value is -3.54. The highest BCUT2D eigenvalue weighted by Gasteiger charge is 2.31. The number of rotatable bonds is 8. The fraction of sp³-hybridized carbons (Fsp3) is 0.400. The maximum absolute atomic E-state index is 13.4. The van der Waals surface area contributed by atoms with Gasteiger partial charge in [-0.1, -0.05) is 36.4 Å². The molecule has 1 unspecified atom stereocenters. The molecule has 36 heavy (non-hydrogen) atoms. The maximum atomic E-state index is 13.4. The molecule has 1 saturated carbocycles. The Labute approximate surface area is 213 Å². The maximum Gasteiger partial charge on any atom is 0.227 e. The van der Waals surface area contributed by atoms with E-state index in [1.807, 2.05) is 24.3 Å².